The molecule has 148 valence electrons. The largest absolute Gasteiger partial charge is 0.299 e. The van der Waals surface area contributed by atoms with E-state index in [0.29, 0.717) is 45.2 Å². The minimum absolute atomic E-state index is 0.270. The summed E-state index contributed by atoms with van der Waals surface area (Å²) in [5.41, 5.74) is 1.13. The Morgan fingerprint density at radius 3 is 2.12 bits per heavy atom. The SMILES string of the molecule is CCC(C)c1ccc(S(=O)(=O)NCCN2CCN(S(C)(=O)=O)CC2)cc1. The third-order valence-corrected chi connectivity index (χ3v) is 7.67. The van der Waals surface area contributed by atoms with E-state index in [1.54, 1.807) is 12.1 Å². The molecule has 0 saturated carbocycles. The van der Waals surface area contributed by atoms with Crippen molar-refractivity contribution < 1.29 is 16.8 Å². The Bertz CT molecular complexity index is 784. The quantitative estimate of drug-likeness (QED) is 0.701. The van der Waals surface area contributed by atoms with E-state index in [1.165, 1.54) is 10.6 Å². The summed E-state index contributed by atoms with van der Waals surface area (Å²) in [7, 11) is -6.67. The maximum absolute atomic E-state index is 12.4. The fourth-order valence-corrected chi connectivity index (χ4v) is 4.77. The van der Waals surface area contributed by atoms with Gasteiger partial charge in [0, 0.05) is 39.3 Å². The van der Waals surface area contributed by atoms with Gasteiger partial charge in [-0.05, 0) is 30.0 Å². The highest BCUT2D eigenvalue weighted by atomic mass is 32.2. The molecule has 0 radical (unpaired) electrons. The van der Waals surface area contributed by atoms with Crippen LogP contribution in [0.3, 0.4) is 0 Å². The van der Waals surface area contributed by atoms with Gasteiger partial charge >= 0.3 is 0 Å². The first-order chi connectivity index (χ1) is 12.1. The van der Waals surface area contributed by atoms with Crippen molar-refractivity contribution in [2.45, 2.75) is 31.1 Å². The summed E-state index contributed by atoms with van der Waals surface area (Å²) >= 11 is 0. The Balaban J connectivity index is 1.83. The first kappa shape index (κ1) is 21.3. The van der Waals surface area contributed by atoms with Crippen LogP contribution in [0.5, 0.6) is 0 Å². The van der Waals surface area contributed by atoms with E-state index < -0.39 is 20.0 Å². The molecule has 1 saturated heterocycles. The summed E-state index contributed by atoms with van der Waals surface area (Å²) in [5.74, 6) is 0.408. The zero-order valence-corrected chi connectivity index (χ0v) is 17.3. The molecule has 1 aliphatic heterocycles. The van der Waals surface area contributed by atoms with Crippen molar-refractivity contribution >= 4 is 20.0 Å². The molecule has 1 fully saturated rings. The molecule has 1 N–H and O–H groups in total. The van der Waals surface area contributed by atoms with Gasteiger partial charge in [-0.3, -0.25) is 4.90 Å². The van der Waals surface area contributed by atoms with Gasteiger partial charge in [0.25, 0.3) is 0 Å². The van der Waals surface area contributed by atoms with E-state index in [1.807, 2.05) is 12.1 Å². The standard InChI is InChI=1S/C17H29N3O4S2/c1-4-15(2)16-5-7-17(8-6-16)26(23,24)18-9-10-19-11-13-20(14-12-19)25(3,21)22/h5-8,15,18H,4,9-14H2,1-3H3. The number of piperazine rings is 1. The highest BCUT2D eigenvalue weighted by Gasteiger charge is 2.23. The van der Waals surface area contributed by atoms with Crippen LogP contribution < -0.4 is 4.72 Å². The van der Waals surface area contributed by atoms with Gasteiger partial charge in [0.15, 0.2) is 0 Å². The average molecular weight is 404 g/mol. The molecular weight excluding hydrogens is 374 g/mol. The van der Waals surface area contributed by atoms with Crippen molar-refractivity contribution in [2.75, 3.05) is 45.5 Å². The predicted octanol–water partition coefficient (Wildman–Crippen LogP) is 1.06. The van der Waals surface area contributed by atoms with E-state index >= 15 is 0 Å². The number of hydrogen-bond acceptors (Lipinski definition) is 5. The van der Waals surface area contributed by atoms with Crippen LogP contribution in [0.1, 0.15) is 31.7 Å². The lowest BCUT2D eigenvalue weighted by molar-refractivity contribution is 0.192. The topological polar surface area (TPSA) is 86.8 Å². The molecule has 7 nitrogen and oxygen atoms in total. The normalized spacial score (nSPS) is 18.7. The first-order valence-corrected chi connectivity index (χ1v) is 12.2. The second-order valence-electron chi connectivity index (χ2n) is 6.78. The van der Waals surface area contributed by atoms with Gasteiger partial charge in [0.05, 0.1) is 11.2 Å². The summed E-state index contributed by atoms with van der Waals surface area (Å²) in [4.78, 5) is 2.34. The fourth-order valence-electron chi connectivity index (χ4n) is 2.92. The van der Waals surface area contributed by atoms with Gasteiger partial charge in [-0.1, -0.05) is 26.0 Å². The summed E-state index contributed by atoms with van der Waals surface area (Å²) in [6.07, 6.45) is 2.22. The summed E-state index contributed by atoms with van der Waals surface area (Å²) in [6, 6.07) is 7.03. The molecule has 2 rings (SSSR count). The van der Waals surface area contributed by atoms with Crippen LogP contribution in [0.25, 0.3) is 0 Å². The molecule has 0 spiro atoms. The summed E-state index contributed by atoms with van der Waals surface area (Å²) in [5, 5.41) is 0. The van der Waals surface area contributed by atoms with Crippen LogP contribution >= 0.6 is 0 Å². The highest BCUT2D eigenvalue weighted by molar-refractivity contribution is 7.89. The lowest BCUT2D eigenvalue weighted by Gasteiger charge is -2.33. The molecule has 1 unspecified atom stereocenters. The second-order valence-corrected chi connectivity index (χ2v) is 10.5. The number of hydrogen-bond donors (Lipinski definition) is 1. The molecule has 0 amide bonds. The molecule has 0 aliphatic carbocycles. The van der Waals surface area contributed by atoms with Gasteiger partial charge < -0.3 is 0 Å². The minimum atomic E-state index is -3.53. The summed E-state index contributed by atoms with van der Waals surface area (Å²) in [6.45, 7) is 7.19. The van der Waals surface area contributed by atoms with E-state index in [2.05, 4.69) is 23.5 Å². The molecule has 26 heavy (non-hydrogen) atoms. The van der Waals surface area contributed by atoms with Crippen LogP contribution in [0.4, 0.5) is 0 Å². The second kappa shape index (κ2) is 8.79. The monoisotopic (exact) mass is 403 g/mol. The smallest absolute Gasteiger partial charge is 0.240 e. The zero-order chi connectivity index (χ0) is 19.4. The molecular formula is C17H29N3O4S2. The molecule has 1 aromatic rings. The highest BCUT2D eigenvalue weighted by Crippen LogP contribution is 2.20. The Kier molecular flexibility index (Phi) is 7.20. The molecule has 1 heterocycles. The molecule has 0 bridgehead atoms. The van der Waals surface area contributed by atoms with Crippen LogP contribution in [0.15, 0.2) is 29.2 Å². The number of nitrogens with zero attached hydrogens (tertiary/aromatic N) is 2. The lowest BCUT2D eigenvalue weighted by atomic mass is 9.99. The van der Waals surface area contributed by atoms with E-state index in [9.17, 15) is 16.8 Å². The molecule has 1 atom stereocenters. The van der Waals surface area contributed by atoms with Crippen molar-refractivity contribution in [3.8, 4) is 0 Å². The summed E-state index contributed by atoms with van der Waals surface area (Å²) < 4.78 is 51.9. The molecule has 1 aromatic carbocycles. The Morgan fingerprint density at radius 1 is 1.04 bits per heavy atom. The Labute approximate surface area is 157 Å². The van der Waals surface area contributed by atoms with E-state index in [4.69, 9.17) is 0 Å². The lowest BCUT2D eigenvalue weighted by Crippen LogP contribution is -2.49. The third kappa shape index (κ3) is 5.75. The van der Waals surface area contributed by atoms with Gasteiger partial charge in [-0.25, -0.2) is 21.6 Å². The van der Waals surface area contributed by atoms with Gasteiger partial charge in [0.1, 0.15) is 0 Å². The number of rotatable bonds is 8. The minimum Gasteiger partial charge on any atom is -0.299 e. The first-order valence-electron chi connectivity index (χ1n) is 8.90. The van der Waals surface area contributed by atoms with Crippen molar-refractivity contribution in [3.05, 3.63) is 29.8 Å². The maximum Gasteiger partial charge on any atom is 0.240 e. The van der Waals surface area contributed by atoms with Crippen molar-refractivity contribution in [3.63, 3.8) is 0 Å². The van der Waals surface area contributed by atoms with Crippen molar-refractivity contribution in [2.24, 2.45) is 0 Å². The Morgan fingerprint density at radius 2 is 1.62 bits per heavy atom. The van der Waals surface area contributed by atoms with Gasteiger partial charge in [0.2, 0.25) is 20.0 Å². The van der Waals surface area contributed by atoms with Crippen LogP contribution in [0.2, 0.25) is 0 Å². The Hall–Kier alpha value is -1.00. The molecule has 0 aromatic heterocycles. The maximum atomic E-state index is 12.4. The third-order valence-electron chi connectivity index (χ3n) is 4.89. The van der Waals surface area contributed by atoms with E-state index in [0.717, 1.165) is 12.0 Å². The molecule has 1 aliphatic rings. The predicted molar refractivity (Wildman–Crippen MR) is 103 cm³/mol. The van der Waals surface area contributed by atoms with Gasteiger partial charge in [-0.2, -0.15) is 4.31 Å². The van der Waals surface area contributed by atoms with Crippen molar-refractivity contribution in [1.82, 2.24) is 13.9 Å². The number of benzene rings is 1. The van der Waals surface area contributed by atoms with Crippen LogP contribution in [-0.2, 0) is 20.0 Å². The van der Waals surface area contributed by atoms with Crippen LogP contribution in [-0.4, -0.2) is 71.6 Å². The number of nitrogens with one attached hydrogen (secondary N) is 1. The number of sulfonamides is 2. The fraction of sp³-hybridized carbons (Fsp3) is 0.647. The zero-order valence-electron chi connectivity index (χ0n) is 15.7. The van der Waals surface area contributed by atoms with Crippen molar-refractivity contribution in [1.29, 1.82) is 0 Å². The van der Waals surface area contributed by atoms with Gasteiger partial charge in [-0.15, -0.1) is 0 Å². The van der Waals surface area contributed by atoms with Crippen LogP contribution in [0, 0.1) is 0 Å². The molecule has 9 heteroatoms. The van der Waals surface area contributed by atoms with E-state index in [-0.39, 0.29) is 4.90 Å². The average Bonchev–Trinajstić information content (AvgIpc) is 2.60.